The van der Waals surface area contributed by atoms with Crippen molar-refractivity contribution in [1.82, 2.24) is 9.88 Å². The van der Waals surface area contributed by atoms with E-state index in [1.54, 1.807) is 12.1 Å². The van der Waals surface area contributed by atoms with E-state index in [2.05, 4.69) is 5.32 Å². The zero-order valence-electron chi connectivity index (χ0n) is 16.9. The van der Waals surface area contributed by atoms with E-state index in [-0.39, 0.29) is 28.2 Å². The topological polar surface area (TPSA) is 136 Å². The van der Waals surface area contributed by atoms with Crippen molar-refractivity contribution in [3.63, 3.8) is 0 Å². The van der Waals surface area contributed by atoms with Crippen LogP contribution in [0.5, 0.6) is 0 Å². The minimum absolute atomic E-state index is 0.0682. The fraction of sp³-hybridized carbons (Fsp3) is 0.300. The number of pyridine rings is 1. The Morgan fingerprint density at radius 2 is 1.67 bits per heavy atom. The van der Waals surface area contributed by atoms with Crippen LogP contribution in [0.15, 0.2) is 29.1 Å². The molecule has 3 N–H and O–H groups in total. The highest BCUT2D eigenvalue weighted by Gasteiger charge is 2.51. The molecule has 0 aliphatic carbocycles. The largest absolute Gasteiger partial charge is 0.494 e. The first kappa shape index (κ1) is 19.9. The summed E-state index contributed by atoms with van der Waals surface area (Å²) in [4.78, 5) is 36.7. The highest BCUT2D eigenvalue weighted by atomic mass is 16.7. The minimum Gasteiger partial charge on any atom is -0.399 e. The molecule has 9 nitrogen and oxygen atoms in total. The number of rotatable bonds is 2. The maximum absolute atomic E-state index is 12.7. The first-order chi connectivity index (χ1) is 13.9. The number of benzene rings is 1. The van der Waals surface area contributed by atoms with E-state index in [9.17, 15) is 19.6 Å². The molecule has 2 aliphatic heterocycles. The number of fused-ring (bicyclic) bond motifs is 1. The summed E-state index contributed by atoms with van der Waals surface area (Å²) in [5.74, 6) is -1.53. The second-order valence-electron chi connectivity index (χ2n) is 8.29. The summed E-state index contributed by atoms with van der Waals surface area (Å²) in [6.07, 6.45) is 0. The van der Waals surface area contributed by atoms with Gasteiger partial charge in [0.15, 0.2) is 0 Å². The molecule has 1 saturated heterocycles. The molecule has 2 aliphatic rings. The Bertz CT molecular complexity index is 1210. The average Bonchev–Trinajstić information content (AvgIpc) is 3.05. The maximum Gasteiger partial charge on any atom is 0.494 e. The van der Waals surface area contributed by atoms with E-state index in [1.165, 1.54) is 6.07 Å². The van der Waals surface area contributed by atoms with Gasteiger partial charge in [0.25, 0.3) is 17.4 Å². The predicted molar refractivity (Wildman–Crippen MR) is 109 cm³/mol. The summed E-state index contributed by atoms with van der Waals surface area (Å²) >= 11 is 0. The van der Waals surface area contributed by atoms with Crippen LogP contribution in [0.1, 0.15) is 54.0 Å². The van der Waals surface area contributed by atoms with Gasteiger partial charge in [-0.05, 0) is 51.4 Å². The van der Waals surface area contributed by atoms with Gasteiger partial charge in [-0.25, -0.2) is 0 Å². The summed E-state index contributed by atoms with van der Waals surface area (Å²) in [6.45, 7) is 7.61. The van der Waals surface area contributed by atoms with Crippen molar-refractivity contribution >= 4 is 30.2 Å². The molecule has 0 spiro atoms. The van der Waals surface area contributed by atoms with E-state index in [0.717, 1.165) is 10.6 Å². The molecule has 10 heteroatoms. The van der Waals surface area contributed by atoms with E-state index < -0.39 is 35.7 Å². The third-order valence-corrected chi connectivity index (χ3v) is 5.81. The molecule has 1 fully saturated rings. The number of hydrogen-bond acceptors (Lipinski definition) is 7. The van der Waals surface area contributed by atoms with Gasteiger partial charge in [-0.2, -0.15) is 5.26 Å². The monoisotopic (exact) mass is 406 g/mol. The smallest absolute Gasteiger partial charge is 0.399 e. The zero-order chi connectivity index (χ0) is 22.0. The summed E-state index contributed by atoms with van der Waals surface area (Å²) in [5, 5.41) is 11.6. The number of amides is 2. The lowest BCUT2D eigenvalue weighted by Crippen LogP contribution is -2.41. The van der Waals surface area contributed by atoms with Gasteiger partial charge in [-0.15, -0.1) is 0 Å². The molecule has 1 aromatic carbocycles. The molecule has 2 amide bonds. The number of hydrogen-bond donors (Lipinski definition) is 2. The van der Waals surface area contributed by atoms with E-state index >= 15 is 0 Å². The molecule has 4 rings (SSSR count). The number of aromatic nitrogens is 1. The molecule has 0 bridgehead atoms. The van der Waals surface area contributed by atoms with Gasteiger partial charge in [0.1, 0.15) is 5.82 Å². The van der Waals surface area contributed by atoms with Gasteiger partial charge < -0.3 is 15.0 Å². The van der Waals surface area contributed by atoms with Crippen molar-refractivity contribution < 1.29 is 18.9 Å². The number of imide groups is 1. The Balaban J connectivity index is 1.89. The van der Waals surface area contributed by atoms with Gasteiger partial charge in [-0.3, -0.25) is 24.3 Å². The summed E-state index contributed by atoms with van der Waals surface area (Å²) in [6, 6.07) is 7.79. The normalized spacial score (nSPS) is 18.8. The van der Waals surface area contributed by atoms with Crippen LogP contribution in [0.3, 0.4) is 0 Å². The number of nitrogens with two attached hydrogens (primary N) is 1. The van der Waals surface area contributed by atoms with Crippen LogP contribution in [-0.2, 0) is 9.31 Å². The Hall–Kier alpha value is -3.42. The predicted octanol–water partition coefficient (Wildman–Crippen LogP) is 0.474. The molecule has 0 radical (unpaired) electrons. The Labute approximate surface area is 172 Å². The van der Waals surface area contributed by atoms with Crippen LogP contribution in [0.25, 0.3) is 5.69 Å². The van der Waals surface area contributed by atoms with E-state index in [1.807, 2.05) is 33.8 Å². The van der Waals surface area contributed by atoms with Gasteiger partial charge in [0.2, 0.25) is 0 Å². The molecule has 0 atom stereocenters. The van der Waals surface area contributed by atoms with Crippen LogP contribution in [0.2, 0.25) is 0 Å². The fourth-order valence-corrected chi connectivity index (χ4v) is 3.49. The van der Waals surface area contributed by atoms with Gasteiger partial charge in [0, 0.05) is 6.07 Å². The summed E-state index contributed by atoms with van der Waals surface area (Å²) in [7, 11) is -0.765. The average molecular weight is 406 g/mol. The number of nitriles is 1. The molecule has 152 valence electrons. The number of nitrogen functional groups attached to an aromatic ring is 1. The number of anilines is 1. The third kappa shape index (κ3) is 2.82. The lowest BCUT2D eigenvalue weighted by molar-refractivity contribution is 0.00578. The van der Waals surface area contributed by atoms with Crippen molar-refractivity contribution in [1.29, 1.82) is 5.26 Å². The summed E-state index contributed by atoms with van der Waals surface area (Å²) < 4.78 is 13.2. The zero-order valence-corrected chi connectivity index (χ0v) is 16.9. The molecule has 30 heavy (non-hydrogen) atoms. The van der Waals surface area contributed by atoms with Crippen molar-refractivity contribution in [2.75, 3.05) is 5.73 Å². The number of nitrogens with zero attached hydrogens (tertiary/aromatic N) is 2. The molecular weight excluding hydrogens is 387 g/mol. The Morgan fingerprint density at radius 1 is 1.03 bits per heavy atom. The van der Waals surface area contributed by atoms with Crippen molar-refractivity contribution in [3.8, 4) is 11.8 Å². The standard InChI is InChI=1S/C20H19BN4O5/c1-19(2)20(3,4)30-21(29-19)11-5-10(9-22)6-12(7-11)25-14(26)8-13-15(16(25)23)18(28)24-17(13)27/h5-8H,23H2,1-4H3,(H,24,27,28). The molecule has 0 unspecified atom stereocenters. The highest BCUT2D eigenvalue weighted by molar-refractivity contribution is 6.62. The van der Waals surface area contributed by atoms with Gasteiger partial charge in [0.05, 0.1) is 39.6 Å². The number of carbonyl (C=O) groups is 2. The number of nitrogens with one attached hydrogen (secondary N) is 1. The van der Waals surface area contributed by atoms with Crippen LogP contribution in [0, 0.1) is 11.3 Å². The summed E-state index contributed by atoms with van der Waals surface area (Å²) in [5.41, 5.74) is 5.21. The highest BCUT2D eigenvalue weighted by Crippen LogP contribution is 2.36. The Kier molecular flexibility index (Phi) is 4.17. The first-order valence-electron chi connectivity index (χ1n) is 9.27. The van der Waals surface area contributed by atoms with Gasteiger partial charge in [-0.1, -0.05) is 0 Å². The van der Waals surface area contributed by atoms with Crippen LogP contribution < -0.4 is 22.1 Å². The van der Waals surface area contributed by atoms with Gasteiger partial charge >= 0.3 is 7.12 Å². The van der Waals surface area contributed by atoms with Crippen LogP contribution >= 0.6 is 0 Å². The van der Waals surface area contributed by atoms with E-state index in [0.29, 0.717) is 5.46 Å². The van der Waals surface area contributed by atoms with Crippen molar-refractivity contribution in [2.24, 2.45) is 0 Å². The minimum atomic E-state index is -0.765. The maximum atomic E-state index is 12.7. The lowest BCUT2D eigenvalue weighted by Gasteiger charge is -2.32. The fourth-order valence-electron chi connectivity index (χ4n) is 3.49. The first-order valence-corrected chi connectivity index (χ1v) is 9.27. The van der Waals surface area contributed by atoms with Crippen molar-refractivity contribution in [2.45, 2.75) is 38.9 Å². The van der Waals surface area contributed by atoms with Crippen LogP contribution in [-0.4, -0.2) is 34.7 Å². The van der Waals surface area contributed by atoms with Crippen molar-refractivity contribution in [3.05, 3.63) is 51.3 Å². The van der Waals surface area contributed by atoms with E-state index in [4.69, 9.17) is 15.0 Å². The second kappa shape index (κ2) is 6.29. The SMILES string of the molecule is CC1(C)OB(c2cc(C#N)cc(-n3c(N)c4c(cc3=O)C(=O)NC4=O)c2)OC1(C)C. The number of carbonyl (C=O) groups excluding carboxylic acids is 2. The second-order valence-corrected chi connectivity index (χ2v) is 8.29. The quantitative estimate of drug-likeness (QED) is 0.547. The molecule has 0 saturated carbocycles. The molecule has 3 heterocycles. The third-order valence-electron chi connectivity index (χ3n) is 5.81. The molecule has 1 aromatic heterocycles. The molecular formula is C20H19BN4O5. The van der Waals surface area contributed by atoms with Crippen LogP contribution in [0.4, 0.5) is 5.82 Å². The lowest BCUT2D eigenvalue weighted by atomic mass is 9.78. The Morgan fingerprint density at radius 3 is 2.27 bits per heavy atom. The molecule has 2 aromatic rings.